The summed E-state index contributed by atoms with van der Waals surface area (Å²) in [6.45, 7) is 6.00. The monoisotopic (exact) mass is 569 g/mol. The molecule has 0 aliphatic carbocycles. The minimum Gasteiger partial charge on any atom is -0.343 e. The summed E-state index contributed by atoms with van der Waals surface area (Å²) < 4.78 is 80.6. The Morgan fingerprint density at radius 3 is 1.90 bits per heavy atom. The Labute approximate surface area is 229 Å². The van der Waals surface area contributed by atoms with Gasteiger partial charge in [0.05, 0.1) is 11.1 Å². The standard InChI is InChI=1S/C29H33F6N3O2/c1-18-4-6-20(7-5-18)25-17-38(24-8-11-37(12-9-24)19(2)39)13-10-26(25)36(3)27(40)21-14-22(28(30,31)32)16-23(15-21)29(33,34)35/h4-7,14-16,24-26H,8-13,17H2,1-3H3. The molecule has 2 aliphatic rings. The Kier molecular flexibility index (Phi) is 8.54. The molecule has 2 aromatic rings. The van der Waals surface area contributed by atoms with Crippen molar-refractivity contribution in [3.8, 4) is 0 Å². The van der Waals surface area contributed by atoms with Gasteiger partial charge in [-0.3, -0.25) is 14.5 Å². The summed E-state index contributed by atoms with van der Waals surface area (Å²) in [7, 11) is 1.45. The van der Waals surface area contributed by atoms with Crippen molar-refractivity contribution >= 4 is 11.8 Å². The average molecular weight is 570 g/mol. The van der Waals surface area contributed by atoms with E-state index in [4.69, 9.17) is 0 Å². The maximum atomic E-state index is 13.5. The molecule has 0 bridgehead atoms. The van der Waals surface area contributed by atoms with Gasteiger partial charge in [0.15, 0.2) is 0 Å². The van der Waals surface area contributed by atoms with Gasteiger partial charge in [-0.25, -0.2) is 0 Å². The zero-order valence-corrected chi connectivity index (χ0v) is 22.6. The van der Waals surface area contributed by atoms with Crippen LogP contribution in [0.25, 0.3) is 0 Å². The lowest BCUT2D eigenvalue weighted by atomic mass is 9.83. The highest BCUT2D eigenvalue weighted by atomic mass is 19.4. The number of rotatable bonds is 4. The number of carbonyl (C=O) groups is 2. The largest absolute Gasteiger partial charge is 0.416 e. The van der Waals surface area contributed by atoms with Crippen LogP contribution >= 0.6 is 0 Å². The van der Waals surface area contributed by atoms with Crippen LogP contribution in [0.15, 0.2) is 42.5 Å². The molecule has 2 amide bonds. The lowest BCUT2D eigenvalue weighted by molar-refractivity contribution is -0.143. The molecular weight excluding hydrogens is 536 g/mol. The quantitative estimate of drug-likeness (QED) is 0.426. The summed E-state index contributed by atoms with van der Waals surface area (Å²) in [5.41, 5.74) is -1.69. The van der Waals surface area contributed by atoms with E-state index in [-0.39, 0.29) is 23.9 Å². The van der Waals surface area contributed by atoms with E-state index in [9.17, 15) is 35.9 Å². The minimum atomic E-state index is -5.04. The zero-order chi connectivity index (χ0) is 29.4. The Balaban J connectivity index is 1.62. The Bertz CT molecular complexity index is 1190. The first kappa shape index (κ1) is 29.9. The predicted molar refractivity (Wildman–Crippen MR) is 138 cm³/mol. The van der Waals surface area contributed by atoms with E-state index in [0.717, 1.165) is 24.0 Å². The fourth-order valence-electron chi connectivity index (χ4n) is 5.88. The van der Waals surface area contributed by atoms with Crippen molar-refractivity contribution in [2.75, 3.05) is 33.2 Å². The van der Waals surface area contributed by atoms with Crippen molar-refractivity contribution in [3.05, 3.63) is 70.3 Å². The summed E-state index contributed by atoms with van der Waals surface area (Å²) >= 11 is 0. The Hall–Kier alpha value is -3.08. The second-order valence-corrected chi connectivity index (χ2v) is 10.8. The SMILES string of the molecule is CC(=O)N1CCC(N2CCC(N(C)C(=O)c3cc(C(F)(F)F)cc(C(F)(F)F)c3)C(c3ccc(C)cc3)C2)CC1. The maximum Gasteiger partial charge on any atom is 0.416 e. The maximum absolute atomic E-state index is 13.5. The molecule has 5 nitrogen and oxygen atoms in total. The molecule has 0 spiro atoms. The van der Waals surface area contributed by atoms with Crippen LogP contribution in [0.2, 0.25) is 0 Å². The van der Waals surface area contributed by atoms with E-state index in [2.05, 4.69) is 4.90 Å². The van der Waals surface area contributed by atoms with Gasteiger partial charge in [0.2, 0.25) is 5.91 Å². The third-order valence-electron chi connectivity index (χ3n) is 8.19. The normalized spacial score (nSPS) is 21.4. The van der Waals surface area contributed by atoms with Crippen LogP contribution in [0.1, 0.15) is 64.7 Å². The molecule has 2 heterocycles. The number of alkyl halides is 6. The molecule has 2 saturated heterocycles. The van der Waals surface area contributed by atoms with Crippen LogP contribution in [0, 0.1) is 6.92 Å². The number of amides is 2. The molecule has 2 unspecified atom stereocenters. The summed E-state index contributed by atoms with van der Waals surface area (Å²) in [6, 6.07) is 8.62. The van der Waals surface area contributed by atoms with Crippen molar-refractivity contribution in [2.24, 2.45) is 0 Å². The van der Waals surface area contributed by atoms with Gasteiger partial charge in [0.25, 0.3) is 5.91 Å². The topological polar surface area (TPSA) is 43.9 Å². The number of hydrogen-bond acceptors (Lipinski definition) is 3. The highest BCUT2D eigenvalue weighted by Crippen LogP contribution is 2.38. The average Bonchev–Trinajstić information content (AvgIpc) is 2.91. The summed E-state index contributed by atoms with van der Waals surface area (Å²) in [5, 5.41) is 0. The van der Waals surface area contributed by atoms with Crippen LogP contribution in [-0.2, 0) is 17.1 Å². The van der Waals surface area contributed by atoms with E-state index in [0.29, 0.717) is 44.7 Å². The number of likely N-dealkylation sites (tertiary alicyclic amines) is 2. The van der Waals surface area contributed by atoms with E-state index < -0.39 is 41.0 Å². The van der Waals surface area contributed by atoms with Gasteiger partial charge < -0.3 is 9.80 Å². The van der Waals surface area contributed by atoms with Crippen LogP contribution in [-0.4, -0.2) is 71.8 Å². The fraction of sp³-hybridized carbons (Fsp3) is 0.517. The van der Waals surface area contributed by atoms with Gasteiger partial charge in [-0.2, -0.15) is 26.3 Å². The minimum absolute atomic E-state index is 0.0295. The van der Waals surface area contributed by atoms with Crippen molar-refractivity contribution in [1.82, 2.24) is 14.7 Å². The second-order valence-electron chi connectivity index (χ2n) is 10.8. The predicted octanol–water partition coefficient (Wildman–Crippen LogP) is 5.97. The van der Waals surface area contributed by atoms with Crippen molar-refractivity contribution in [3.63, 3.8) is 0 Å². The van der Waals surface area contributed by atoms with E-state index >= 15 is 0 Å². The van der Waals surface area contributed by atoms with E-state index in [1.807, 2.05) is 36.1 Å². The van der Waals surface area contributed by atoms with Crippen molar-refractivity contribution < 1.29 is 35.9 Å². The summed E-state index contributed by atoms with van der Waals surface area (Å²) in [5.74, 6) is -1.05. The third-order valence-corrected chi connectivity index (χ3v) is 8.19. The molecule has 2 atom stereocenters. The number of hydrogen-bond donors (Lipinski definition) is 0. The molecule has 0 saturated carbocycles. The summed E-state index contributed by atoms with van der Waals surface area (Å²) in [4.78, 5) is 30.7. The molecule has 0 radical (unpaired) electrons. The van der Waals surface area contributed by atoms with Gasteiger partial charge in [0.1, 0.15) is 0 Å². The third kappa shape index (κ3) is 6.62. The first-order valence-corrected chi connectivity index (χ1v) is 13.3. The van der Waals surface area contributed by atoms with Gasteiger partial charge in [-0.05, 0) is 49.9 Å². The molecule has 40 heavy (non-hydrogen) atoms. The molecular formula is C29H33F6N3O2. The highest BCUT2D eigenvalue weighted by molar-refractivity contribution is 5.95. The lowest BCUT2D eigenvalue weighted by Gasteiger charge is -2.47. The molecule has 4 rings (SSSR count). The van der Waals surface area contributed by atoms with Gasteiger partial charge >= 0.3 is 12.4 Å². The van der Waals surface area contributed by atoms with Crippen molar-refractivity contribution in [2.45, 2.75) is 63.5 Å². The first-order chi connectivity index (χ1) is 18.6. The molecule has 2 aliphatic heterocycles. The number of benzene rings is 2. The first-order valence-electron chi connectivity index (χ1n) is 13.3. The molecule has 11 heteroatoms. The molecule has 218 valence electrons. The Morgan fingerprint density at radius 1 is 0.850 bits per heavy atom. The van der Waals surface area contributed by atoms with Gasteiger partial charge in [-0.1, -0.05) is 29.8 Å². The number of nitrogens with zero attached hydrogens (tertiary/aromatic N) is 3. The molecule has 0 N–H and O–H groups in total. The van der Waals surface area contributed by atoms with Crippen LogP contribution in [0.4, 0.5) is 26.3 Å². The summed E-state index contributed by atoms with van der Waals surface area (Å²) in [6.07, 6.45) is -7.96. The van der Waals surface area contributed by atoms with E-state index in [1.54, 1.807) is 6.92 Å². The molecule has 2 aromatic carbocycles. The highest BCUT2D eigenvalue weighted by Gasteiger charge is 2.41. The number of carbonyl (C=O) groups excluding carboxylic acids is 2. The molecule has 2 fully saturated rings. The molecule has 0 aromatic heterocycles. The second kappa shape index (κ2) is 11.4. The fourth-order valence-corrected chi connectivity index (χ4v) is 5.88. The van der Waals surface area contributed by atoms with Crippen LogP contribution < -0.4 is 0 Å². The number of aryl methyl sites for hydroxylation is 1. The smallest absolute Gasteiger partial charge is 0.343 e. The Morgan fingerprint density at radius 2 is 1.40 bits per heavy atom. The lowest BCUT2D eigenvalue weighted by Crippen LogP contribution is -2.55. The van der Waals surface area contributed by atoms with Gasteiger partial charge in [0, 0.05) is 63.7 Å². The number of piperidine rings is 2. The number of halogens is 6. The van der Waals surface area contributed by atoms with Crippen LogP contribution in [0.5, 0.6) is 0 Å². The van der Waals surface area contributed by atoms with Crippen LogP contribution in [0.3, 0.4) is 0 Å². The van der Waals surface area contributed by atoms with Crippen molar-refractivity contribution in [1.29, 1.82) is 0 Å². The zero-order valence-electron chi connectivity index (χ0n) is 22.6. The van der Waals surface area contributed by atoms with E-state index in [1.165, 1.54) is 11.9 Å². The number of likely N-dealkylation sites (N-methyl/N-ethyl adjacent to an activating group) is 1. The van der Waals surface area contributed by atoms with Gasteiger partial charge in [-0.15, -0.1) is 0 Å².